The molecule has 156 valence electrons. The molecule has 1 unspecified atom stereocenters. The van der Waals surface area contributed by atoms with Gasteiger partial charge in [-0.05, 0) is 34.9 Å². The molecule has 2 heterocycles. The van der Waals surface area contributed by atoms with Gasteiger partial charge in [0, 0.05) is 43.0 Å². The van der Waals surface area contributed by atoms with Crippen LogP contribution in [-0.2, 0) is 18.4 Å². The van der Waals surface area contributed by atoms with Gasteiger partial charge in [-0.25, -0.2) is 0 Å². The van der Waals surface area contributed by atoms with E-state index in [-0.39, 0.29) is 18.6 Å². The van der Waals surface area contributed by atoms with Gasteiger partial charge >= 0.3 is 0 Å². The summed E-state index contributed by atoms with van der Waals surface area (Å²) in [5.41, 5.74) is 4.46. The van der Waals surface area contributed by atoms with Crippen molar-refractivity contribution in [2.45, 2.75) is 18.9 Å². The Hall–Kier alpha value is -3.73. The Kier molecular flexibility index (Phi) is 5.08. The lowest BCUT2D eigenvalue weighted by atomic mass is 9.88. The first-order chi connectivity index (χ1) is 15.2. The summed E-state index contributed by atoms with van der Waals surface area (Å²) in [6.07, 6.45) is 2.52. The molecule has 3 aromatic carbocycles. The van der Waals surface area contributed by atoms with E-state index < -0.39 is 0 Å². The van der Waals surface area contributed by atoms with Crippen LogP contribution in [0.3, 0.4) is 0 Å². The number of para-hydroxylation sites is 1. The van der Waals surface area contributed by atoms with Crippen molar-refractivity contribution in [3.05, 3.63) is 95.7 Å². The van der Waals surface area contributed by atoms with Crippen LogP contribution in [0.15, 0.2) is 79.0 Å². The van der Waals surface area contributed by atoms with E-state index in [1.165, 1.54) is 16.5 Å². The van der Waals surface area contributed by atoms with Crippen LogP contribution in [0.1, 0.15) is 29.0 Å². The van der Waals surface area contributed by atoms with Crippen LogP contribution in [0.4, 0.5) is 0 Å². The first-order valence-electron chi connectivity index (χ1n) is 10.4. The number of aromatic nitrogens is 1. The fourth-order valence-electron chi connectivity index (χ4n) is 4.25. The summed E-state index contributed by atoms with van der Waals surface area (Å²) >= 11 is 0. The summed E-state index contributed by atoms with van der Waals surface area (Å²) in [5.74, 6) is 1.46. The number of hydrogen-bond acceptors (Lipinski definition) is 3. The highest BCUT2D eigenvalue weighted by atomic mass is 16.7. The van der Waals surface area contributed by atoms with Crippen molar-refractivity contribution in [2.24, 2.45) is 7.05 Å². The zero-order valence-electron chi connectivity index (χ0n) is 17.4. The van der Waals surface area contributed by atoms with E-state index in [0.717, 1.165) is 22.6 Å². The highest BCUT2D eigenvalue weighted by Gasteiger charge is 2.22. The van der Waals surface area contributed by atoms with Crippen LogP contribution >= 0.6 is 0 Å². The molecule has 1 aliphatic rings. The number of benzene rings is 3. The van der Waals surface area contributed by atoms with Gasteiger partial charge in [-0.3, -0.25) is 4.79 Å². The van der Waals surface area contributed by atoms with Crippen molar-refractivity contribution in [1.29, 1.82) is 0 Å². The third-order valence-corrected chi connectivity index (χ3v) is 5.82. The molecule has 5 rings (SSSR count). The average Bonchev–Trinajstić information content (AvgIpc) is 3.41. The van der Waals surface area contributed by atoms with E-state index in [9.17, 15) is 4.79 Å². The minimum atomic E-state index is -0.0240. The summed E-state index contributed by atoms with van der Waals surface area (Å²) in [7, 11) is 2.05. The second kappa shape index (κ2) is 8.19. The predicted molar refractivity (Wildman–Crippen MR) is 120 cm³/mol. The molecular weight excluding hydrogens is 388 g/mol. The van der Waals surface area contributed by atoms with Crippen LogP contribution in [-0.4, -0.2) is 17.3 Å². The summed E-state index contributed by atoms with van der Waals surface area (Å²) in [6, 6.07) is 24.3. The Morgan fingerprint density at radius 3 is 2.65 bits per heavy atom. The second-order valence-electron chi connectivity index (χ2n) is 7.84. The molecule has 0 saturated carbocycles. The first-order valence-corrected chi connectivity index (χ1v) is 10.4. The van der Waals surface area contributed by atoms with Gasteiger partial charge in [0.15, 0.2) is 11.5 Å². The van der Waals surface area contributed by atoms with Crippen LogP contribution in [0.25, 0.3) is 10.9 Å². The lowest BCUT2D eigenvalue weighted by Gasteiger charge is -2.17. The third kappa shape index (κ3) is 3.87. The van der Waals surface area contributed by atoms with Gasteiger partial charge in [-0.1, -0.05) is 54.6 Å². The van der Waals surface area contributed by atoms with Crippen molar-refractivity contribution < 1.29 is 14.3 Å². The van der Waals surface area contributed by atoms with Gasteiger partial charge in [-0.15, -0.1) is 0 Å². The lowest BCUT2D eigenvalue weighted by molar-refractivity contribution is -0.121. The van der Waals surface area contributed by atoms with Crippen LogP contribution < -0.4 is 14.8 Å². The summed E-state index contributed by atoms with van der Waals surface area (Å²) in [5, 5.41) is 4.26. The fourth-order valence-corrected chi connectivity index (χ4v) is 4.25. The molecule has 0 saturated heterocycles. The van der Waals surface area contributed by atoms with Gasteiger partial charge < -0.3 is 19.4 Å². The molecule has 0 radical (unpaired) electrons. The number of aryl methyl sites for hydroxylation is 1. The standard InChI is InChI=1S/C26H24N2O3/c1-28-16-22(20-9-5-6-10-23(20)28)21(19-7-3-2-4-8-19)14-26(29)27-15-18-11-12-24-25(13-18)31-17-30-24/h2-13,16,21H,14-15,17H2,1H3,(H,27,29). The summed E-state index contributed by atoms with van der Waals surface area (Å²) < 4.78 is 12.9. The van der Waals surface area contributed by atoms with E-state index >= 15 is 0 Å². The van der Waals surface area contributed by atoms with Crippen molar-refractivity contribution in [1.82, 2.24) is 9.88 Å². The van der Waals surface area contributed by atoms with Crippen LogP contribution in [0.2, 0.25) is 0 Å². The third-order valence-electron chi connectivity index (χ3n) is 5.82. The second-order valence-corrected chi connectivity index (χ2v) is 7.84. The monoisotopic (exact) mass is 412 g/mol. The van der Waals surface area contributed by atoms with E-state index in [1.54, 1.807) is 0 Å². The highest BCUT2D eigenvalue weighted by molar-refractivity contribution is 5.86. The Bertz CT molecular complexity index is 1230. The van der Waals surface area contributed by atoms with E-state index in [2.05, 4.69) is 40.3 Å². The lowest BCUT2D eigenvalue weighted by Crippen LogP contribution is -2.25. The SMILES string of the molecule is Cn1cc(C(CC(=O)NCc2ccc3c(c2)OCO3)c2ccccc2)c2ccccc21. The molecule has 1 atom stereocenters. The minimum absolute atomic E-state index is 0.0134. The normalized spacial score (nSPS) is 13.3. The molecule has 31 heavy (non-hydrogen) atoms. The number of ether oxygens (including phenoxy) is 2. The Morgan fingerprint density at radius 2 is 1.77 bits per heavy atom. The maximum Gasteiger partial charge on any atom is 0.231 e. The summed E-state index contributed by atoms with van der Waals surface area (Å²) in [6.45, 7) is 0.696. The molecular formula is C26H24N2O3. The number of nitrogens with zero attached hydrogens (tertiary/aromatic N) is 1. The Balaban J connectivity index is 1.38. The number of amides is 1. The first kappa shape index (κ1) is 19.2. The van der Waals surface area contributed by atoms with E-state index in [1.807, 2.05) is 55.6 Å². The van der Waals surface area contributed by atoms with E-state index in [0.29, 0.717) is 13.0 Å². The molecule has 0 aliphatic carbocycles. The van der Waals surface area contributed by atoms with Crippen molar-refractivity contribution in [3.8, 4) is 11.5 Å². The number of carbonyl (C=O) groups is 1. The number of nitrogens with one attached hydrogen (secondary N) is 1. The molecule has 1 N–H and O–H groups in total. The molecule has 5 nitrogen and oxygen atoms in total. The fraction of sp³-hybridized carbons (Fsp3) is 0.192. The molecule has 1 aromatic heterocycles. The highest BCUT2D eigenvalue weighted by Crippen LogP contribution is 2.35. The zero-order chi connectivity index (χ0) is 21.2. The molecule has 0 spiro atoms. The number of hydrogen-bond donors (Lipinski definition) is 1. The largest absolute Gasteiger partial charge is 0.454 e. The Labute approximate surface area is 181 Å². The smallest absolute Gasteiger partial charge is 0.231 e. The van der Waals surface area contributed by atoms with Gasteiger partial charge in [-0.2, -0.15) is 0 Å². The molecule has 0 fully saturated rings. The van der Waals surface area contributed by atoms with Gasteiger partial charge in [0.2, 0.25) is 12.7 Å². The van der Waals surface area contributed by atoms with Crippen LogP contribution in [0.5, 0.6) is 11.5 Å². The molecule has 4 aromatic rings. The Morgan fingerprint density at radius 1 is 1.00 bits per heavy atom. The van der Waals surface area contributed by atoms with Gasteiger partial charge in [0.05, 0.1) is 0 Å². The quantitative estimate of drug-likeness (QED) is 0.497. The predicted octanol–water partition coefficient (Wildman–Crippen LogP) is 4.75. The van der Waals surface area contributed by atoms with Gasteiger partial charge in [0.1, 0.15) is 0 Å². The average molecular weight is 412 g/mol. The number of fused-ring (bicyclic) bond motifs is 2. The minimum Gasteiger partial charge on any atom is -0.454 e. The van der Waals surface area contributed by atoms with E-state index in [4.69, 9.17) is 9.47 Å². The van der Waals surface area contributed by atoms with Crippen LogP contribution in [0, 0.1) is 0 Å². The maximum absolute atomic E-state index is 13.0. The molecule has 5 heteroatoms. The van der Waals surface area contributed by atoms with Crippen molar-refractivity contribution in [3.63, 3.8) is 0 Å². The topological polar surface area (TPSA) is 52.5 Å². The molecule has 1 amide bonds. The number of carbonyl (C=O) groups excluding carboxylic acids is 1. The number of rotatable bonds is 6. The zero-order valence-corrected chi connectivity index (χ0v) is 17.4. The molecule has 0 bridgehead atoms. The summed E-state index contributed by atoms with van der Waals surface area (Å²) in [4.78, 5) is 13.0. The van der Waals surface area contributed by atoms with Gasteiger partial charge in [0.25, 0.3) is 0 Å². The van der Waals surface area contributed by atoms with Crippen molar-refractivity contribution in [2.75, 3.05) is 6.79 Å². The molecule has 1 aliphatic heterocycles. The van der Waals surface area contributed by atoms with Crippen molar-refractivity contribution >= 4 is 16.8 Å². The maximum atomic E-state index is 13.0.